The number of halogens is 3. The number of nitrogens with two attached hydrogens (primary N) is 1. The van der Waals surface area contributed by atoms with Gasteiger partial charge in [-0.25, -0.2) is 18.7 Å². The molecule has 1 fully saturated rings. The van der Waals surface area contributed by atoms with Crippen molar-refractivity contribution in [1.29, 1.82) is 0 Å². The number of hydrogen-bond acceptors (Lipinski definition) is 12. The van der Waals surface area contributed by atoms with Crippen molar-refractivity contribution in [2.24, 2.45) is 0 Å². The van der Waals surface area contributed by atoms with Crippen LogP contribution in [0.3, 0.4) is 0 Å². The van der Waals surface area contributed by atoms with E-state index in [0.29, 0.717) is 4.57 Å². The third-order valence-electron chi connectivity index (χ3n) is 3.86. The molecule has 1 aliphatic heterocycles. The topological polar surface area (TPSA) is 253 Å². The van der Waals surface area contributed by atoms with Crippen LogP contribution in [-0.2, 0) is 31.6 Å². The van der Waals surface area contributed by atoms with Crippen LogP contribution in [0.2, 0.25) is 0 Å². The van der Waals surface area contributed by atoms with Gasteiger partial charge in [0.2, 0.25) is 10.4 Å². The van der Waals surface area contributed by atoms with Crippen LogP contribution in [0.5, 0.6) is 0 Å². The maximum absolute atomic E-state index is 13.7. The molecule has 2 rings (SSSR count). The summed E-state index contributed by atoms with van der Waals surface area (Å²) in [6.45, 7) is -1.48. The molecule has 0 radical (unpaired) electrons. The Bertz CT molecular complexity index is 1100. The summed E-state index contributed by atoms with van der Waals surface area (Å²) in [6.07, 6.45) is -12.3. The number of aromatic nitrogens is 2. The van der Waals surface area contributed by atoms with Crippen molar-refractivity contribution in [2.75, 3.05) is 12.3 Å². The molecule has 1 aromatic heterocycles. The second-order valence-corrected chi connectivity index (χ2v) is 11.0. The van der Waals surface area contributed by atoms with Gasteiger partial charge in [0.15, 0.2) is 6.23 Å². The van der Waals surface area contributed by atoms with E-state index in [1.807, 2.05) is 0 Å². The highest BCUT2D eigenvalue weighted by Gasteiger charge is 2.71. The Kier molecular flexibility index (Phi) is 8.03. The van der Waals surface area contributed by atoms with Gasteiger partial charge in [-0.2, -0.15) is 21.8 Å². The average Bonchev–Trinajstić information content (AvgIpc) is 2.82. The number of aliphatic hydroxyl groups excluding tert-OH is 1. The first-order valence-electron chi connectivity index (χ1n) is 7.94. The molecule has 23 heteroatoms. The molecule has 0 bridgehead atoms. The van der Waals surface area contributed by atoms with E-state index >= 15 is 0 Å². The highest BCUT2D eigenvalue weighted by atomic mass is 32.1. The van der Waals surface area contributed by atoms with E-state index in [1.165, 1.54) is 0 Å². The van der Waals surface area contributed by atoms with Crippen molar-refractivity contribution in [3.05, 3.63) is 17.0 Å². The van der Waals surface area contributed by atoms with E-state index in [2.05, 4.69) is 18.1 Å². The average molecular weight is 567 g/mol. The summed E-state index contributed by atoms with van der Waals surface area (Å²) in [4.78, 5) is 38.9. The Morgan fingerprint density at radius 1 is 1.21 bits per heavy atom. The first-order chi connectivity index (χ1) is 14.7. The fraction of sp³-hybridized carbons (Fsp3) is 0.600. The quantitative estimate of drug-likeness (QED) is 0.162. The Morgan fingerprint density at radius 2 is 1.79 bits per heavy atom. The van der Waals surface area contributed by atoms with Crippen molar-refractivity contribution in [3.8, 4) is 0 Å². The monoisotopic (exact) mass is 567 g/mol. The normalized spacial score (nSPS) is 30.0. The number of nitrogen functional groups attached to an aromatic ring is 1. The lowest BCUT2D eigenvalue weighted by molar-refractivity contribution is -0.304. The van der Waals surface area contributed by atoms with Gasteiger partial charge in [0.1, 0.15) is 18.0 Å². The number of nitrogens with zero attached hydrogens (tertiary/aromatic N) is 2. The molecule has 1 saturated heterocycles. The fourth-order valence-electron chi connectivity index (χ4n) is 2.56. The van der Waals surface area contributed by atoms with E-state index in [0.717, 1.165) is 12.3 Å². The van der Waals surface area contributed by atoms with Gasteiger partial charge in [0.25, 0.3) is 0 Å². The Balaban J connectivity index is 2.28. The van der Waals surface area contributed by atoms with Crippen molar-refractivity contribution in [1.82, 2.24) is 9.55 Å². The number of phosphoric acid groups is 3. The third-order valence-corrected chi connectivity index (χ3v) is 7.96. The van der Waals surface area contributed by atoms with E-state index in [9.17, 15) is 42.0 Å². The van der Waals surface area contributed by atoms with Crippen molar-refractivity contribution < 1.29 is 74.5 Å². The number of rotatable bonds is 8. The van der Waals surface area contributed by atoms with E-state index in [-0.39, 0.29) is 5.82 Å². The molecule has 1 aromatic rings. The molecule has 0 aliphatic carbocycles. The van der Waals surface area contributed by atoms with Gasteiger partial charge in [-0.05, 0) is 18.3 Å². The lowest BCUT2D eigenvalue weighted by Gasteiger charge is -2.33. The summed E-state index contributed by atoms with van der Waals surface area (Å²) < 4.78 is 90.4. The maximum atomic E-state index is 13.7. The molecule has 1 aliphatic rings. The van der Waals surface area contributed by atoms with Gasteiger partial charge in [-0.1, -0.05) is 0 Å². The second kappa shape index (κ2) is 9.33. The van der Waals surface area contributed by atoms with Gasteiger partial charge in [-0.15, -0.1) is 0 Å². The number of hydrogen-bond donors (Lipinski definition) is 7. The van der Waals surface area contributed by atoms with Crippen LogP contribution < -0.4 is 5.73 Å². The zero-order valence-corrected chi connectivity index (χ0v) is 19.0. The molecule has 16 nitrogen and oxygen atoms in total. The first kappa shape index (κ1) is 28.4. The van der Waals surface area contributed by atoms with Gasteiger partial charge in [0.05, 0.1) is 6.61 Å². The predicted octanol–water partition coefficient (Wildman–Crippen LogP) is 0.0898. The zero-order valence-electron chi connectivity index (χ0n) is 15.5. The van der Waals surface area contributed by atoms with Crippen LogP contribution in [0.25, 0.3) is 0 Å². The largest absolute Gasteiger partial charge is 0.490 e. The number of ether oxygens (including phenoxy) is 1. The van der Waals surface area contributed by atoms with Crippen LogP contribution in [0.4, 0.5) is 19.0 Å². The van der Waals surface area contributed by atoms with Gasteiger partial charge >= 0.3 is 29.6 Å². The SMILES string of the molecule is Nc1ccn([C@@H]2O[C@H](COP(=O)(O)OP(=O)(O)OP(=O)(O)O)C(O)C2(O)C(F)(F)F)c(=S)n1. The lowest BCUT2D eigenvalue weighted by atomic mass is 9.93. The summed E-state index contributed by atoms with van der Waals surface area (Å²) in [6, 6.07) is 0.988. The number of anilines is 1. The minimum atomic E-state index is -5.91. The van der Waals surface area contributed by atoms with E-state index in [4.69, 9.17) is 37.4 Å². The molecule has 4 unspecified atom stereocenters. The van der Waals surface area contributed by atoms with Crippen molar-refractivity contribution in [3.63, 3.8) is 0 Å². The Morgan fingerprint density at radius 3 is 2.27 bits per heavy atom. The molecule has 0 saturated carbocycles. The summed E-state index contributed by atoms with van der Waals surface area (Å²) in [5, 5.41) is 20.4. The van der Waals surface area contributed by atoms with Crippen molar-refractivity contribution >= 4 is 41.5 Å². The van der Waals surface area contributed by atoms with Crippen LogP contribution >= 0.6 is 35.7 Å². The molecule has 8 N–H and O–H groups in total. The van der Waals surface area contributed by atoms with Crippen LogP contribution in [0.15, 0.2) is 12.3 Å². The van der Waals surface area contributed by atoms with Crippen LogP contribution in [0.1, 0.15) is 6.23 Å². The number of phosphoric ester groups is 1. The highest BCUT2D eigenvalue weighted by Crippen LogP contribution is 2.66. The Hall–Kier alpha value is -0.820. The summed E-state index contributed by atoms with van der Waals surface area (Å²) in [5.74, 6) is -0.199. The molecule has 0 amide bonds. The number of aliphatic hydroxyl groups is 2. The summed E-state index contributed by atoms with van der Waals surface area (Å²) in [5.41, 5.74) is 1.29. The fourth-order valence-corrected chi connectivity index (χ4v) is 5.86. The molecule has 6 atom stereocenters. The van der Waals surface area contributed by atoms with Gasteiger partial charge in [0, 0.05) is 6.20 Å². The standard InChI is InChI=1S/C10H15F3N3O13P3S/c11-10(12,13)9(18)6(17)4(27-7(9)16-2-1-5(14)15-8(16)33)3-26-31(22,23)29-32(24,25)28-30(19,20)21/h1-2,4,6-7,17-18H,3H2,(H,22,23)(H,24,25)(H2,14,15,33)(H2,19,20,21)/t4-,6?,7-,9?/m1/s1. The molecule has 0 aromatic carbocycles. The molecule has 2 heterocycles. The first-order valence-corrected chi connectivity index (χ1v) is 12.9. The molecule has 190 valence electrons. The maximum Gasteiger partial charge on any atom is 0.490 e. The third kappa shape index (κ3) is 6.65. The zero-order chi connectivity index (χ0) is 25.6. The molecular formula is C10H15F3N3O13P3S. The molecular weight excluding hydrogens is 552 g/mol. The predicted molar refractivity (Wildman–Crippen MR) is 98.2 cm³/mol. The molecule has 33 heavy (non-hydrogen) atoms. The van der Waals surface area contributed by atoms with Gasteiger partial charge < -0.3 is 40.3 Å². The van der Waals surface area contributed by atoms with Crippen LogP contribution in [-0.4, -0.2) is 69.9 Å². The van der Waals surface area contributed by atoms with Crippen LogP contribution in [0, 0.1) is 4.77 Å². The highest BCUT2D eigenvalue weighted by molar-refractivity contribution is 7.71. The van der Waals surface area contributed by atoms with Gasteiger partial charge in [-0.3, -0.25) is 9.09 Å². The second-order valence-electron chi connectivity index (χ2n) is 6.22. The molecule has 0 spiro atoms. The smallest absolute Gasteiger partial charge is 0.387 e. The summed E-state index contributed by atoms with van der Waals surface area (Å²) in [7, 11) is -17.4. The summed E-state index contributed by atoms with van der Waals surface area (Å²) >= 11 is 4.77. The minimum Gasteiger partial charge on any atom is -0.387 e. The number of alkyl halides is 3. The van der Waals surface area contributed by atoms with E-state index < -0.39 is 65.1 Å². The van der Waals surface area contributed by atoms with Crippen molar-refractivity contribution in [2.45, 2.75) is 30.2 Å². The minimum absolute atomic E-state index is 0.199. The lowest BCUT2D eigenvalue weighted by Crippen LogP contribution is -2.57. The Labute approximate surface area is 185 Å². The van der Waals surface area contributed by atoms with E-state index in [1.54, 1.807) is 0 Å².